The van der Waals surface area contributed by atoms with Gasteiger partial charge in [-0.15, -0.1) is 0 Å². The minimum atomic E-state index is -0.517. The van der Waals surface area contributed by atoms with Crippen LogP contribution in [-0.2, 0) is 16.1 Å². The highest BCUT2D eigenvalue weighted by Gasteiger charge is 2.24. The fraction of sp³-hybridized carbons (Fsp3) is 0.154. The average Bonchev–Trinajstić information content (AvgIpc) is 3.19. The van der Waals surface area contributed by atoms with Crippen molar-refractivity contribution in [3.05, 3.63) is 94.1 Å². The summed E-state index contributed by atoms with van der Waals surface area (Å²) in [6.07, 6.45) is 1.64. The molecule has 0 aromatic heterocycles. The molecule has 0 spiro atoms. The number of rotatable bonds is 8. The lowest BCUT2D eigenvalue weighted by atomic mass is 10.1. The molecule has 6 nitrogen and oxygen atoms in total. The van der Waals surface area contributed by atoms with E-state index in [1.807, 2.05) is 49.4 Å². The van der Waals surface area contributed by atoms with Gasteiger partial charge >= 0.3 is 5.97 Å². The molecule has 0 fully saturated rings. The second-order valence-electron chi connectivity index (χ2n) is 7.08. The Bertz CT molecular complexity index is 1220. The number of hydrogen-bond donors (Lipinski definition) is 0. The van der Waals surface area contributed by atoms with Crippen LogP contribution in [-0.4, -0.2) is 25.6 Å². The minimum absolute atomic E-state index is 0.200. The van der Waals surface area contributed by atoms with Crippen molar-refractivity contribution in [3.63, 3.8) is 0 Å². The van der Waals surface area contributed by atoms with Crippen LogP contribution < -0.4 is 14.2 Å². The van der Waals surface area contributed by atoms with Gasteiger partial charge in [0.2, 0.25) is 5.90 Å². The summed E-state index contributed by atoms with van der Waals surface area (Å²) in [5.74, 6) is 1.56. The van der Waals surface area contributed by atoms with E-state index in [1.54, 1.807) is 37.5 Å². The van der Waals surface area contributed by atoms with E-state index >= 15 is 0 Å². The Kier molecular flexibility index (Phi) is 6.95. The summed E-state index contributed by atoms with van der Waals surface area (Å²) in [6.45, 7) is 2.80. The Morgan fingerprint density at radius 3 is 2.52 bits per heavy atom. The van der Waals surface area contributed by atoms with Crippen molar-refractivity contribution in [1.82, 2.24) is 0 Å². The van der Waals surface area contributed by atoms with Crippen LogP contribution in [0.1, 0.15) is 23.6 Å². The molecule has 1 aliphatic rings. The van der Waals surface area contributed by atoms with Crippen molar-refractivity contribution in [2.24, 2.45) is 4.99 Å². The molecule has 33 heavy (non-hydrogen) atoms. The molecule has 0 unspecified atom stereocenters. The topological polar surface area (TPSA) is 66.3 Å². The number of esters is 1. The first-order valence-corrected chi connectivity index (χ1v) is 10.7. The van der Waals surface area contributed by atoms with E-state index in [2.05, 4.69) is 4.99 Å². The molecule has 0 atom stereocenters. The number of cyclic esters (lactones) is 1. The Morgan fingerprint density at radius 1 is 1.00 bits per heavy atom. The lowest BCUT2D eigenvalue weighted by Gasteiger charge is -2.12. The molecular weight excluding hydrogens is 442 g/mol. The standard InChI is InChI=1S/C26H22ClNO5/c1-3-31-20-11-9-18(10-12-20)25-28-22(26(29)33-25)14-17-8-13-23(24(15-17)30-2)32-16-19-6-4-5-7-21(19)27/h4-15H,3,16H2,1-2H3/b22-14+. The van der Waals surface area contributed by atoms with Gasteiger partial charge in [-0.1, -0.05) is 35.9 Å². The van der Waals surface area contributed by atoms with Crippen LogP contribution >= 0.6 is 11.6 Å². The third-order valence-corrected chi connectivity index (χ3v) is 5.23. The average molecular weight is 464 g/mol. The largest absolute Gasteiger partial charge is 0.494 e. The molecule has 3 aromatic carbocycles. The normalized spacial score (nSPS) is 14.1. The number of nitrogens with zero attached hydrogens (tertiary/aromatic N) is 1. The van der Waals surface area contributed by atoms with Crippen LogP contribution in [0.3, 0.4) is 0 Å². The Hall–Kier alpha value is -3.77. The Morgan fingerprint density at radius 2 is 1.79 bits per heavy atom. The Labute approximate surface area is 197 Å². The zero-order chi connectivity index (χ0) is 23.2. The number of benzene rings is 3. The van der Waals surface area contributed by atoms with Crippen LogP contribution in [0.4, 0.5) is 0 Å². The molecule has 1 heterocycles. The highest BCUT2D eigenvalue weighted by molar-refractivity contribution is 6.31. The number of carbonyl (C=O) groups excluding carboxylic acids is 1. The van der Waals surface area contributed by atoms with Gasteiger partial charge in [-0.2, -0.15) is 0 Å². The van der Waals surface area contributed by atoms with Crippen LogP contribution in [0.5, 0.6) is 17.2 Å². The highest BCUT2D eigenvalue weighted by atomic mass is 35.5. The van der Waals surface area contributed by atoms with Gasteiger partial charge in [0.25, 0.3) is 0 Å². The van der Waals surface area contributed by atoms with Gasteiger partial charge in [-0.3, -0.25) is 0 Å². The van der Waals surface area contributed by atoms with Crippen molar-refractivity contribution in [1.29, 1.82) is 0 Å². The van der Waals surface area contributed by atoms with E-state index in [1.165, 1.54) is 0 Å². The summed E-state index contributed by atoms with van der Waals surface area (Å²) >= 11 is 6.19. The predicted molar refractivity (Wildman–Crippen MR) is 127 cm³/mol. The second kappa shape index (κ2) is 10.2. The lowest BCUT2D eigenvalue weighted by molar-refractivity contribution is -0.129. The van der Waals surface area contributed by atoms with Crippen LogP contribution in [0.25, 0.3) is 6.08 Å². The second-order valence-corrected chi connectivity index (χ2v) is 7.49. The smallest absolute Gasteiger partial charge is 0.363 e. The third-order valence-electron chi connectivity index (χ3n) is 4.86. The van der Waals surface area contributed by atoms with Crippen LogP contribution in [0, 0.1) is 0 Å². The summed E-state index contributed by atoms with van der Waals surface area (Å²) in [5, 5.41) is 0.638. The monoisotopic (exact) mass is 463 g/mol. The van der Waals surface area contributed by atoms with E-state index in [0.717, 1.165) is 16.9 Å². The number of methoxy groups -OCH3 is 1. The van der Waals surface area contributed by atoms with Gasteiger partial charge in [0.15, 0.2) is 17.2 Å². The van der Waals surface area contributed by atoms with Gasteiger partial charge in [0, 0.05) is 16.1 Å². The number of aliphatic imine (C=N–C) groups is 1. The minimum Gasteiger partial charge on any atom is -0.494 e. The van der Waals surface area contributed by atoms with Crippen LogP contribution in [0.2, 0.25) is 5.02 Å². The van der Waals surface area contributed by atoms with Crippen molar-refractivity contribution < 1.29 is 23.7 Å². The number of hydrogen-bond acceptors (Lipinski definition) is 6. The molecule has 4 rings (SSSR count). The van der Waals surface area contributed by atoms with E-state index in [4.69, 9.17) is 30.5 Å². The van der Waals surface area contributed by atoms with E-state index in [9.17, 15) is 4.79 Å². The molecule has 7 heteroatoms. The molecule has 0 saturated carbocycles. The SMILES string of the molecule is CCOc1ccc(C2=N/C(=C/c3ccc(OCc4ccccc4Cl)c(OC)c3)C(=O)O2)cc1. The molecule has 168 valence electrons. The summed E-state index contributed by atoms with van der Waals surface area (Å²) in [5.41, 5.74) is 2.49. The molecule has 0 amide bonds. The molecule has 0 radical (unpaired) electrons. The summed E-state index contributed by atoms with van der Waals surface area (Å²) in [7, 11) is 1.56. The maximum atomic E-state index is 12.3. The van der Waals surface area contributed by atoms with E-state index in [0.29, 0.717) is 35.3 Å². The molecule has 3 aromatic rings. The van der Waals surface area contributed by atoms with Crippen molar-refractivity contribution in [2.75, 3.05) is 13.7 Å². The fourth-order valence-electron chi connectivity index (χ4n) is 3.22. The van der Waals surface area contributed by atoms with Crippen LogP contribution in [0.15, 0.2) is 77.4 Å². The third kappa shape index (κ3) is 5.35. The first-order valence-electron chi connectivity index (χ1n) is 10.4. The first-order chi connectivity index (χ1) is 16.1. The zero-order valence-electron chi connectivity index (χ0n) is 18.2. The fourth-order valence-corrected chi connectivity index (χ4v) is 3.41. The summed E-state index contributed by atoms with van der Waals surface area (Å²) in [4.78, 5) is 16.7. The van der Waals surface area contributed by atoms with E-state index in [-0.39, 0.29) is 11.6 Å². The van der Waals surface area contributed by atoms with Crippen molar-refractivity contribution in [2.45, 2.75) is 13.5 Å². The number of halogens is 1. The van der Waals surface area contributed by atoms with Gasteiger partial charge < -0.3 is 18.9 Å². The molecule has 0 aliphatic carbocycles. The highest BCUT2D eigenvalue weighted by Crippen LogP contribution is 2.31. The number of carbonyl (C=O) groups is 1. The lowest BCUT2D eigenvalue weighted by Crippen LogP contribution is -2.05. The quantitative estimate of drug-likeness (QED) is 0.318. The predicted octanol–water partition coefficient (Wildman–Crippen LogP) is 5.67. The molecule has 0 bridgehead atoms. The van der Waals surface area contributed by atoms with Crippen molar-refractivity contribution in [3.8, 4) is 17.2 Å². The molecular formula is C26H22ClNO5. The van der Waals surface area contributed by atoms with Crippen molar-refractivity contribution >= 4 is 29.5 Å². The maximum Gasteiger partial charge on any atom is 0.363 e. The summed E-state index contributed by atoms with van der Waals surface area (Å²) in [6, 6.07) is 20.1. The zero-order valence-corrected chi connectivity index (χ0v) is 19.0. The van der Waals surface area contributed by atoms with E-state index < -0.39 is 5.97 Å². The van der Waals surface area contributed by atoms with Gasteiger partial charge in [-0.25, -0.2) is 9.79 Å². The molecule has 1 aliphatic heterocycles. The van der Waals surface area contributed by atoms with Gasteiger partial charge in [0.05, 0.1) is 13.7 Å². The molecule has 0 saturated heterocycles. The van der Waals surface area contributed by atoms with Gasteiger partial charge in [0.1, 0.15) is 12.4 Å². The Balaban J connectivity index is 1.52. The summed E-state index contributed by atoms with van der Waals surface area (Å²) < 4.78 is 22.1. The molecule has 0 N–H and O–H groups in total. The maximum absolute atomic E-state index is 12.3. The number of ether oxygens (including phenoxy) is 4. The first kappa shape index (κ1) is 22.4. The van der Waals surface area contributed by atoms with Gasteiger partial charge in [-0.05, 0) is 61.0 Å².